The lowest BCUT2D eigenvalue weighted by Gasteiger charge is -2.05. The molecular weight excluding hydrogens is 188 g/mol. The minimum absolute atomic E-state index is 0.775. The summed E-state index contributed by atoms with van der Waals surface area (Å²) in [6.45, 7) is 2.95. The topological polar surface area (TPSA) is 47.6 Å². The van der Waals surface area contributed by atoms with Gasteiger partial charge in [0.25, 0.3) is 0 Å². The van der Waals surface area contributed by atoms with E-state index in [2.05, 4.69) is 12.0 Å². The van der Waals surface area contributed by atoms with Gasteiger partial charge in [0.15, 0.2) is 0 Å². The Labute approximate surface area is 90.9 Å². The number of hydrogen-bond donors (Lipinski definition) is 1. The predicted molar refractivity (Wildman–Crippen MR) is 63.2 cm³/mol. The van der Waals surface area contributed by atoms with Crippen molar-refractivity contribution in [3.05, 3.63) is 29.8 Å². The lowest BCUT2D eigenvalue weighted by atomic mass is 10.2. The van der Waals surface area contributed by atoms with Crippen molar-refractivity contribution in [3.8, 4) is 5.75 Å². The van der Waals surface area contributed by atoms with Gasteiger partial charge < -0.3 is 10.6 Å². The Balaban J connectivity index is 2.43. The molecule has 15 heavy (non-hydrogen) atoms. The molecule has 0 bridgehead atoms. The Morgan fingerprint density at radius 3 is 3.00 bits per heavy atom. The van der Waals surface area contributed by atoms with Crippen LogP contribution in [0.4, 0.5) is 0 Å². The molecule has 0 fully saturated rings. The summed E-state index contributed by atoms with van der Waals surface area (Å²) >= 11 is 0. The summed E-state index contributed by atoms with van der Waals surface area (Å²) in [5.74, 6) is 5.96. The molecule has 0 saturated heterocycles. The monoisotopic (exact) mass is 206 g/mol. The quantitative estimate of drug-likeness (QED) is 0.336. The van der Waals surface area contributed by atoms with E-state index in [0.717, 1.165) is 24.3 Å². The van der Waals surface area contributed by atoms with Gasteiger partial charge in [0.2, 0.25) is 0 Å². The highest BCUT2D eigenvalue weighted by Crippen LogP contribution is 2.12. The van der Waals surface area contributed by atoms with Crippen molar-refractivity contribution in [3.63, 3.8) is 0 Å². The molecule has 3 heteroatoms. The Kier molecular flexibility index (Phi) is 5.30. The lowest BCUT2D eigenvalue weighted by molar-refractivity contribution is 0.306. The van der Waals surface area contributed by atoms with Crippen LogP contribution in [0.15, 0.2) is 29.4 Å². The molecule has 0 aliphatic rings. The average molecular weight is 206 g/mol. The number of rotatable bonds is 6. The van der Waals surface area contributed by atoms with Crippen LogP contribution in [0, 0.1) is 0 Å². The third kappa shape index (κ3) is 4.49. The van der Waals surface area contributed by atoms with Crippen molar-refractivity contribution in [2.45, 2.75) is 26.2 Å². The highest BCUT2D eigenvalue weighted by molar-refractivity contribution is 5.79. The van der Waals surface area contributed by atoms with E-state index in [1.54, 1.807) is 6.21 Å². The van der Waals surface area contributed by atoms with E-state index >= 15 is 0 Å². The second-order valence-electron chi connectivity index (χ2n) is 3.41. The standard InChI is InChI=1S/C12H18N2O/c1-2-3-4-8-15-12-7-5-6-11(9-12)10-14-13/h5-7,9-10H,2-4,8,13H2,1H3. The van der Waals surface area contributed by atoms with Crippen LogP contribution in [0.3, 0.4) is 0 Å². The fraction of sp³-hybridized carbons (Fsp3) is 0.417. The maximum absolute atomic E-state index is 5.59. The van der Waals surface area contributed by atoms with Crippen LogP contribution >= 0.6 is 0 Å². The third-order valence-electron chi connectivity index (χ3n) is 2.10. The molecule has 3 nitrogen and oxygen atoms in total. The fourth-order valence-corrected chi connectivity index (χ4v) is 1.31. The molecule has 0 unspecified atom stereocenters. The van der Waals surface area contributed by atoms with Gasteiger partial charge in [-0.1, -0.05) is 31.9 Å². The van der Waals surface area contributed by atoms with Crippen molar-refractivity contribution >= 4 is 6.21 Å². The van der Waals surface area contributed by atoms with Crippen LogP contribution in [-0.4, -0.2) is 12.8 Å². The maximum atomic E-state index is 5.59. The molecule has 2 N–H and O–H groups in total. The molecule has 0 spiro atoms. The zero-order valence-corrected chi connectivity index (χ0v) is 9.15. The van der Waals surface area contributed by atoms with Gasteiger partial charge in [-0.05, 0) is 24.1 Å². The van der Waals surface area contributed by atoms with Gasteiger partial charge in [-0.15, -0.1) is 0 Å². The second kappa shape index (κ2) is 6.87. The highest BCUT2D eigenvalue weighted by atomic mass is 16.5. The number of nitrogens with two attached hydrogens (primary N) is 1. The van der Waals surface area contributed by atoms with E-state index < -0.39 is 0 Å². The minimum Gasteiger partial charge on any atom is -0.494 e. The first-order valence-corrected chi connectivity index (χ1v) is 5.33. The third-order valence-corrected chi connectivity index (χ3v) is 2.10. The van der Waals surface area contributed by atoms with Gasteiger partial charge in [-0.25, -0.2) is 0 Å². The first-order valence-electron chi connectivity index (χ1n) is 5.33. The lowest BCUT2D eigenvalue weighted by Crippen LogP contribution is -1.97. The largest absolute Gasteiger partial charge is 0.494 e. The maximum Gasteiger partial charge on any atom is 0.119 e. The molecular formula is C12H18N2O. The zero-order chi connectivity index (χ0) is 10.9. The van der Waals surface area contributed by atoms with Gasteiger partial charge in [-0.3, -0.25) is 0 Å². The smallest absolute Gasteiger partial charge is 0.119 e. The number of nitrogens with zero attached hydrogens (tertiary/aromatic N) is 1. The second-order valence-corrected chi connectivity index (χ2v) is 3.41. The molecule has 0 atom stereocenters. The summed E-state index contributed by atoms with van der Waals surface area (Å²) in [5.41, 5.74) is 0.963. The number of hydrogen-bond acceptors (Lipinski definition) is 3. The molecule has 0 radical (unpaired) electrons. The van der Waals surface area contributed by atoms with Gasteiger partial charge in [-0.2, -0.15) is 5.10 Å². The summed E-state index contributed by atoms with van der Waals surface area (Å²) < 4.78 is 5.59. The van der Waals surface area contributed by atoms with Crippen molar-refractivity contribution in [2.24, 2.45) is 10.9 Å². The van der Waals surface area contributed by atoms with Gasteiger partial charge in [0.1, 0.15) is 5.75 Å². The molecule has 0 aliphatic carbocycles. The van der Waals surface area contributed by atoms with Crippen LogP contribution in [0.5, 0.6) is 5.75 Å². The Morgan fingerprint density at radius 2 is 2.27 bits per heavy atom. The Bertz CT molecular complexity index is 310. The van der Waals surface area contributed by atoms with Crippen molar-refractivity contribution in [1.29, 1.82) is 0 Å². The molecule has 1 aromatic carbocycles. The fourth-order valence-electron chi connectivity index (χ4n) is 1.31. The molecule has 1 aromatic rings. The molecule has 82 valence electrons. The summed E-state index contributed by atoms with van der Waals surface area (Å²) in [5, 5.41) is 3.48. The van der Waals surface area contributed by atoms with E-state index in [-0.39, 0.29) is 0 Å². The van der Waals surface area contributed by atoms with Gasteiger partial charge in [0.05, 0.1) is 12.8 Å². The van der Waals surface area contributed by atoms with Crippen LogP contribution in [0.2, 0.25) is 0 Å². The van der Waals surface area contributed by atoms with Gasteiger partial charge in [0, 0.05) is 0 Å². The predicted octanol–water partition coefficient (Wildman–Crippen LogP) is 2.55. The van der Waals surface area contributed by atoms with Crippen LogP contribution in [0.1, 0.15) is 31.7 Å². The SMILES string of the molecule is CCCCCOc1cccc(C=NN)c1. The molecule has 0 heterocycles. The molecule has 0 amide bonds. The first-order chi connectivity index (χ1) is 7.36. The first kappa shape index (κ1) is 11.6. The normalized spacial score (nSPS) is 10.7. The molecule has 0 aliphatic heterocycles. The molecule has 0 saturated carbocycles. The van der Waals surface area contributed by atoms with E-state index in [1.807, 2.05) is 24.3 Å². The van der Waals surface area contributed by atoms with Crippen LogP contribution in [0.25, 0.3) is 0 Å². The Morgan fingerprint density at radius 1 is 1.40 bits per heavy atom. The van der Waals surface area contributed by atoms with Crippen LogP contribution < -0.4 is 10.6 Å². The molecule has 0 aromatic heterocycles. The summed E-state index contributed by atoms with van der Waals surface area (Å²) in [4.78, 5) is 0. The number of unbranched alkanes of at least 4 members (excludes halogenated alkanes) is 2. The zero-order valence-electron chi connectivity index (χ0n) is 9.15. The number of benzene rings is 1. The van der Waals surface area contributed by atoms with Crippen molar-refractivity contribution in [1.82, 2.24) is 0 Å². The highest BCUT2D eigenvalue weighted by Gasteiger charge is 1.94. The summed E-state index contributed by atoms with van der Waals surface area (Å²) in [6, 6.07) is 7.75. The average Bonchev–Trinajstić information content (AvgIpc) is 2.26. The van der Waals surface area contributed by atoms with E-state index in [1.165, 1.54) is 12.8 Å². The van der Waals surface area contributed by atoms with E-state index in [4.69, 9.17) is 10.6 Å². The number of ether oxygens (including phenoxy) is 1. The van der Waals surface area contributed by atoms with E-state index in [9.17, 15) is 0 Å². The molecule has 1 rings (SSSR count). The number of hydrazone groups is 1. The van der Waals surface area contributed by atoms with Crippen LogP contribution in [-0.2, 0) is 0 Å². The minimum atomic E-state index is 0.775. The van der Waals surface area contributed by atoms with Gasteiger partial charge >= 0.3 is 0 Å². The van der Waals surface area contributed by atoms with E-state index in [0.29, 0.717) is 0 Å². The summed E-state index contributed by atoms with van der Waals surface area (Å²) in [6.07, 6.45) is 5.14. The Hall–Kier alpha value is -1.51. The van der Waals surface area contributed by atoms with Crippen molar-refractivity contribution < 1.29 is 4.74 Å². The van der Waals surface area contributed by atoms with Crippen molar-refractivity contribution in [2.75, 3.05) is 6.61 Å². The summed E-state index contributed by atoms with van der Waals surface area (Å²) in [7, 11) is 0.